The van der Waals surface area contributed by atoms with Crippen molar-refractivity contribution in [2.24, 2.45) is 0 Å². The molecule has 0 bridgehead atoms. The van der Waals surface area contributed by atoms with Gasteiger partial charge in [-0.3, -0.25) is 0 Å². The van der Waals surface area contributed by atoms with Crippen LogP contribution in [0.15, 0.2) is 123 Å². The summed E-state index contributed by atoms with van der Waals surface area (Å²) < 4.78 is 129. The zero-order valence-corrected chi connectivity index (χ0v) is 51.7. The molecule has 0 unspecified atom stereocenters. The maximum atomic E-state index is 13.6. The molecule has 9 rings (SSSR count). The van der Waals surface area contributed by atoms with E-state index in [9.17, 15) is 49.1 Å². The van der Waals surface area contributed by atoms with E-state index in [1.54, 1.807) is 32.9 Å². The number of halogens is 12. The number of hydrogen-bond acceptors (Lipinski definition) is 11. The Kier molecular flexibility index (Phi) is 24.5. The molecule has 6 aromatic rings. The van der Waals surface area contributed by atoms with Crippen molar-refractivity contribution in [3.8, 4) is 5.69 Å². The number of amides is 2. The molecule has 14 nitrogen and oxygen atoms in total. The lowest BCUT2D eigenvalue weighted by molar-refractivity contribution is 0.0230. The highest BCUT2D eigenvalue weighted by Gasteiger charge is 2.29. The van der Waals surface area contributed by atoms with Crippen LogP contribution in [0, 0.1) is 5.82 Å². The van der Waals surface area contributed by atoms with Gasteiger partial charge in [-0.1, -0.05) is 66.0 Å². The van der Waals surface area contributed by atoms with Crippen molar-refractivity contribution < 1.29 is 58.6 Å². The Labute approximate surface area is 508 Å². The summed E-state index contributed by atoms with van der Waals surface area (Å²) in [6, 6.07) is 26.9. The number of aromatic nitrogens is 3. The van der Waals surface area contributed by atoms with Gasteiger partial charge < -0.3 is 44.6 Å². The molecule has 4 heterocycles. The molecule has 84 heavy (non-hydrogen) atoms. The lowest BCUT2D eigenvalue weighted by atomic mass is 10.1. The van der Waals surface area contributed by atoms with Gasteiger partial charge in [-0.05, 0) is 126 Å². The molecule has 5 aromatic carbocycles. The monoisotopic (exact) mass is 1370 g/mol. The molecular formula is C58H66Br3F9N10O4. The van der Waals surface area contributed by atoms with E-state index in [1.165, 1.54) is 36.4 Å². The second-order valence-electron chi connectivity index (χ2n) is 21.3. The van der Waals surface area contributed by atoms with E-state index in [4.69, 9.17) is 9.47 Å². The summed E-state index contributed by atoms with van der Waals surface area (Å²) in [4.78, 5) is 38.0. The normalized spacial score (nSPS) is 14.8. The molecule has 0 saturated carbocycles. The Morgan fingerprint density at radius 1 is 0.512 bits per heavy atom. The van der Waals surface area contributed by atoms with E-state index in [1.807, 2.05) is 93.8 Å². The van der Waals surface area contributed by atoms with Crippen LogP contribution >= 0.6 is 47.8 Å². The van der Waals surface area contributed by atoms with Gasteiger partial charge in [0.25, 0.3) is 25.7 Å². The van der Waals surface area contributed by atoms with Gasteiger partial charge in [0.2, 0.25) is 5.95 Å². The highest BCUT2D eigenvalue weighted by Crippen LogP contribution is 2.33. The van der Waals surface area contributed by atoms with Crippen LogP contribution in [0.25, 0.3) is 5.69 Å². The molecule has 2 amide bonds. The van der Waals surface area contributed by atoms with Gasteiger partial charge in [0.15, 0.2) is 0 Å². The maximum absolute atomic E-state index is 13.6. The predicted molar refractivity (Wildman–Crippen MR) is 318 cm³/mol. The average molecular weight is 1380 g/mol. The lowest BCUT2D eigenvalue weighted by Gasteiger charge is -2.37. The average Bonchev–Trinajstić information content (AvgIpc) is 3.76. The first-order chi connectivity index (χ1) is 39.6. The number of rotatable bonds is 10. The minimum Gasteiger partial charge on any atom is -0.444 e. The number of ether oxygens (including phenoxy) is 2. The van der Waals surface area contributed by atoms with Crippen LogP contribution in [0.2, 0.25) is 0 Å². The third kappa shape index (κ3) is 21.4. The summed E-state index contributed by atoms with van der Waals surface area (Å²) >= 11 is 9.45. The van der Waals surface area contributed by atoms with Gasteiger partial charge in [-0.25, -0.2) is 53.8 Å². The van der Waals surface area contributed by atoms with Gasteiger partial charge >= 0.3 is 12.2 Å². The topological polar surface area (TPSA) is 124 Å². The third-order valence-electron chi connectivity index (χ3n) is 12.5. The predicted octanol–water partition coefficient (Wildman–Crippen LogP) is 15.8. The quantitative estimate of drug-likeness (QED) is 0.127. The van der Waals surface area contributed by atoms with Gasteiger partial charge in [-0.15, -0.1) is 5.10 Å². The lowest BCUT2D eigenvalue weighted by Crippen LogP contribution is -2.50. The van der Waals surface area contributed by atoms with E-state index >= 15 is 0 Å². The standard InChI is InChI=1S/C24H28F2N6O2.C16H21BrF2N2O2.C11H13BrF2N2.C7H4BrF3/c1-24(2,3)34-23(33)31-11-9-30(10-12-31)20-14-17(21(25)26)13-18(15-20)28-22-27-16-32(29-22)19-7-5-4-6-8-19;1-16(2,3)23-15(22)21-6-4-20(5-7-21)13-9-11(14(18)19)8-12(17)10-13;12-9-5-8(11(13)14)6-10(7-9)16-3-1-15-2-4-16;8-5-1-4(7(10)11)2-6(9)3-5/h4-8,13-16,21H,9-12H2,1-3H3,(H,28,29);8-10,14H,4-7H2,1-3H3;5-7,11,15H,1-4H2;1-3,7H. The molecule has 456 valence electrons. The fraction of sp³-hybridized carbons (Fsp3) is 0.414. The van der Waals surface area contributed by atoms with Gasteiger partial charge in [0.1, 0.15) is 23.3 Å². The van der Waals surface area contributed by atoms with E-state index in [0.717, 1.165) is 55.4 Å². The third-order valence-corrected chi connectivity index (χ3v) is 13.9. The van der Waals surface area contributed by atoms with Crippen LogP contribution in [0.3, 0.4) is 0 Å². The molecular weight excluding hydrogens is 1310 g/mol. The van der Waals surface area contributed by atoms with Crippen molar-refractivity contribution in [1.29, 1.82) is 0 Å². The number of anilines is 5. The second-order valence-corrected chi connectivity index (χ2v) is 24.1. The smallest absolute Gasteiger partial charge is 0.410 e. The first kappa shape index (κ1) is 66.9. The van der Waals surface area contributed by atoms with Crippen molar-refractivity contribution in [2.75, 3.05) is 98.6 Å². The summed E-state index contributed by atoms with van der Waals surface area (Å²) in [5, 5.41) is 10.7. The Bertz CT molecular complexity index is 3060. The van der Waals surface area contributed by atoms with E-state index in [-0.39, 0.29) is 34.4 Å². The van der Waals surface area contributed by atoms with E-state index in [0.29, 0.717) is 83.1 Å². The molecule has 0 aliphatic carbocycles. The minimum atomic E-state index is -2.63. The molecule has 3 fully saturated rings. The summed E-state index contributed by atoms with van der Waals surface area (Å²) in [6.07, 6.45) is -9.31. The highest BCUT2D eigenvalue weighted by molar-refractivity contribution is 9.11. The summed E-state index contributed by atoms with van der Waals surface area (Å²) in [6.45, 7) is 18.5. The molecule has 26 heteroatoms. The van der Waals surface area contributed by atoms with Crippen LogP contribution < -0.4 is 25.3 Å². The van der Waals surface area contributed by atoms with Crippen LogP contribution in [0.5, 0.6) is 0 Å². The molecule has 1 aromatic heterocycles. The zero-order chi connectivity index (χ0) is 61.5. The number of nitrogens with one attached hydrogen (secondary N) is 2. The number of alkyl halides is 8. The fourth-order valence-electron chi connectivity index (χ4n) is 8.55. The van der Waals surface area contributed by atoms with Crippen LogP contribution in [0.4, 0.5) is 77.8 Å². The van der Waals surface area contributed by atoms with Crippen molar-refractivity contribution >= 4 is 88.7 Å². The number of nitrogens with zero attached hydrogens (tertiary/aromatic N) is 8. The molecule has 0 atom stereocenters. The van der Waals surface area contributed by atoms with E-state index in [2.05, 4.69) is 73.4 Å². The Morgan fingerprint density at radius 2 is 0.905 bits per heavy atom. The molecule has 3 saturated heterocycles. The summed E-state index contributed by atoms with van der Waals surface area (Å²) in [7, 11) is 0. The number of benzene rings is 5. The highest BCUT2D eigenvalue weighted by atomic mass is 79.9. The maximum Gasteiger partial charge on any atom is 0.410 e. The zero-order valence-electron chi connectivity index (χ0n) is 46.9. The van der Waals surface area contributed by atoms with Crippen LogP contribution in [-0.2, 0) is 9.47 Å². The molecule has 2 N–H and O–H groups in total. The number of carbonyl (C=O) groups is 2. The number of para-hydroxylation sites is 1. The first-order valence-corrected chi connectivity index (χ1v) is 29.0. The fourth-order valence-corrected chi connectivity index (χ4v) is 10.0. The molecule has 3 aliphatic heterocycles. The van der Waals surface area contributed by atoms with Crippen molar-refractivity contribution in [2.45, 2.75) is 78.4 Å². The second kappa shape index (κ2) is 30.7. The van der Waals surface area contributed by atoms with Gasteiger partial charge in [-0.2, -0.15) is 4.98 Å². The minimum absolute atomic E-state index is 0.0102. The van der Waals surface area contributed by atoms with E-state index < -0.39 is 42.7 Å². The molecule has 0 radical (unpaired) electrons. The number of carbonyl (C=O) groups excluding carboxylic acids is 2. The first-order valence-electron chi connectivity index (χ1n) is 26.6. The van der Waals surface area contributed by atoms with Crippen molar-refractivity contribution in [3.05, 3.63) is 151 Å². The summed E-state index contributed by atoms with van der Waals surface area (Å²) in [5.74, 6) is -0.356. The summed E-state index contributed by atoms with van der Waals surface area (Å²) in [5.41, 5.74) is 2.12. The largest absolute Gasteiger partial charge is 0.444 e. The van der Waals surface area contributed by atoms with Crippen LogP contribution in [-0.4, -0.2) is 126 Å². The van der Waals surface area contributed by atoms with Gasteiger partial charge in [0, 0.05) is 137 Å². The number of hydrogen-bond donors (Lipinski definition) is 2. The molecule has 0 spiro atoms. The van der Waals surface area contributed by atoms with Crippen molar-refractivity contribution in [1.82, 2.24) is 29.9 Å². The Balaban J connectivity index is 0.000000195. The van der Waals surface area contributed by atoms with Gasteiger partial charge in [0.05, 0.1) is 5.69 Å². The molecule has 3 aliphatic rings. The van der Waals surface area contributed by atoms with Crippen LogP contribution in [0.1, 0.15) is 89.5 Å². The SMILES string of the molecule is CC(C)(C)OC(=O)N1CCN(c2cc(Br)cc(C(F)F)c2)CC1.CC(C)(C)OC(=O)N1CCN(c2cc(Nc3ncn(-c4ccccc4)n3)cc(C(F)F)c2)CC1.FC(F)c1cc(Br)cc(N2CCNCC2)c1.Fc1cc(Br)cc(C(F)F)c1. The Morgan fingerprint density at radius 3 is 1.32 bits per heavy atom. The Hall–Kier alpha value is -6.25. The van der Waals surface area contributed by atoms with Crippen molar-refractivity contribution in [3.63, 3.8) is 0 Å². The number of piperazine rings is 3.